The molecule has 2 aromatic rings. The molecule has 2 rings (SSSR count). The molecular formula is C14H13Cl2NO2S. The van der Waals surface area contributed by atoms with Crippen LogP contribution >= 0.6 is 34.5 Å². The molecule has 1 N–H and O–H groups in total. The third kappa shape index (κ3) is 2.82. The van der Waals surface area contributed by atoms with Crippen molar-refractivity contribution in [2.24, 2.45) is 0 Å². The molecule has 0 atom stereocenters. The van der Waals surface area contributed by atoms with Gasteiger partial charge in [-0.3, -0.25) is 0 Å². The van der Waals surface area contributed by atoms with E-state index in [-0.39, 0.29) is 10.3 Å². The highest BCUT2D eigenvalue weighted by molar-refractivity contribution is 7.17. The molecule has 3 nitrogen and oxygen atoms in total. The molecule has 0 spiro atoms. The maximum absolute atomic E-state index is 11.4. The number of nitrogens with zero attached hydrogens (tertiary/aromatic N) is 1. The van der Waals surface area contributed by atoms with Crippen LogP contribution in [0.2, 0.25) is 10.0 Å². The summed E-state index contributed by atoms with van der Waals surface area (Å²) in [5, 5.41) is 10.8. The van der Waals surface area contributed by atoms with Gasteiger partial charge in [0.1, 0.15) is 9.88 Å². The second kappa shape index (κ2) is 5.35. The number of aromatic carboxylic acids is 1. The molecule has 0 aliphatic heterocycles. The van der Waals surface area contributed by atoms with E-state index in [2.05, 4.69) is 4.98 Å². The molecule has 0 bridgehead atoms. The quantitative estimate of drug-likeness (QED) is 0.832. The van der Waals surface area contributed by atoms with Gasteiger partial charge in [0.2, 0.25) is 0 Å². The summed E-state index contributed by atoms with van der Waals surface area (Å²) in [6, 6.07) is 5.16. The molecule has 1 aromatic carbocycles. The van der Waals surface area contributed by atoms with Gasteiger partial charge >= 0.3 is 5.97 Å². The molecule has 106 valence electrons. The summed E-state index contributed by atoms with van der Waals surface area (Å²) < 4.78 is 0. The van der Waals surface area contributed by atoms with Crippen LogP contribution in [0.5, 0.6) is 0 Å². The van der Waals surface area contributed by atoms with Gasteiger partial charge in [-0.25, -0.2) is 9.78 Å². The fourth-order valence-electron chi connectivity index (χ4n) is 1.78. The van der Waals surface area contributed by atoms with Crippen molar-refractivity contribution in [3.05, 3.63) is 38.8 Å². The van der Waals surface area contributed by atoms with Gasteiger partial charge in [-0.15, -0.1) is 11.3 Å². The number of benzene rings is 1. The average Bonchev–Trinajstić information content (AvgIpc) is 2.73. The summed E-state index contributed by atoms with van der Waals surface area (Å²) in [4.78, 5) is 16.1. The molecule has 6 heteroatoms. The van der Waals surface area contributed by atoms with Gasteiger partial charge in [0.25, 0.3) is 0 Å². The Morgan fingerprint density at radius 2 is 1.80 bits per heavy atom. The minimum absolute atomic E-state index is 0.225. The summed E-state index contributed by atoms with van der Waals surface area (Å²) >= 11 is 13.4. The van der Waals surface area contributed by atoms with E-state index in [1.807, 2.05) is 20.8 Å². The molecule has 0 aliphatic carbocycles. The van der Waals surface area contributed by atoms with Gasteiger partial charge in [0, 0.05) is 11.0 Å². The Kier molecular flexibility index (Phi) is 4.09. The van der Waals surface area contributed by atoms with Crippen LogP contribution in [0.4, 0.5) is 0 Å². The van der Waals surface area contributed by atoms with Crippen LogP contribution in [0.15, 0.2) is 18.2 Å². The molecule has 0 radical (unpaired) electrons. The smallest absolute Gasteiger partial charge is 0.347 e. The highest BCUT2D eigenvalue weighted by Gasteiger charge is 2.28. The number of hydrogen-bond donors (Lipinski definition) is 1. The van der Waals surface area contributed by atoms with E-state index in [0.717, 1.165) is 11.3 Å². The normalized spacial score (nSPS) is 11.7. The van der Waals surface area contributed by atoms with Crippen LogP contribution in [0.25, 0.3) is 10.6 Å². The van der Waals surface area contributed by atoms with Crippen molar-refractivity contribution in [3.63, 3.8) is 0 Å². The lowest BCUT2D eigenvalue weighted by Gasteiger charge is -2.16. The number of rotatable bonds is 2. The summed E-state index contributed by atoms with van der Waals surface area (Å²) in [5.41, 5.74) is 0.760. The lowest BCUT2D eigenvalue weighted by molar-refractivity contribution is 0.0699. The number of aromatic nitrogens is 1. The Labute approximate surface area is 131 Å². The van der Waals surface area contributed by atoms with Gasteiger partial charge in [-0.1, -0.05) is 50.0 Å². The van der Waals surface area contributed by atoms with Gasteiger partial charge in [0.15, 0.2) is 0 Å². The Bertz CT molecular complexity index is 654. The Hall–Kier alpha value is -1.10. The van der Waals surface area contributed by atoms with Gasteiger partial charge in [-0.05, 0) is 12.1 Å². The number of carbonyl (C=O) groups is 1. The van der Waals surface area contributed by atoms with Crippen molar-refractivity contribution in [3.8, 4) is 10.6 Å². The van der Waals surface area contributed by atoms with Crippen LogP contribution in [-0.2, 0) is 5.41 Å². The zero-order valence-corrected chi connectivity index (χ0v) is 13.5. The third-order valence-electron chi connectivity index (χ3n) is 2.71. The molecule has 0 unspecified atom stereocenters. The first-order valence-corrected chi connectivity index (χ1v) is 7.48. The molecular weight excluding hydrogens is 317 g/mol. The standard InChI is InChI=1S/C14H13Cl2NO2S/c1-14(2,3)11-10(13(18)19)20-12(17-11)9-7(15)5-4-6-8(9)16/h4-6H,1-3H3,(H,18,19). The first kappa shape index (κ1) is 15.3. The van der Waals surface area contributed by atoms with Crippen molar-refractivity contribution >= 4 is 40.5 Å². The zero-order valence-electron chi connectivity index (χ0n) is 11.2. The van der Waals surface area contributed by atoms with Crippen molar-refractivity contribution in [2.45, 2.75) is 26.2 Å². The third-order valence-corrected chi connectivity index (χ3v) is 4.40. The Morgan fingerprint density at radius 1 is 1.25 bits per heavy atom. The van der Waals surface area contributed by atoms with E-state index >= 15 is 0 Å². The van der Waals surface area contributed by atoms with Gasteiger partial charge < -0.3 is 5.11 Å². The van der Waals surface area contributed by atoms with Crippen LogP contribution < -0.4 is 0 Å². The van der Waals surface area contributed by atoms with Crippen LogP contribution in [0.1, 0.15) is 36.1 Å². The lowest BCUT2D eigenvalue weighted by Crippen LogP contribution is -2.16. The van der Waals surface area contributed by atoms with E-state index in [4.69, 9.17) is 23.2 Å². The number of hydrogen-bond acceptors (Lipinski definition) is 3. The Morgan fingerprint density at radius 3 is 2.20 bits per heavy atom. The SMILES string of the molecule is CC(C)(C)c1nc(-c2c(Cl)cccc2Cl)sc1C(=O)O. The largest absolute Gasteiger partial charge is 0.477 e. The summed E-state index contributed by atoms with van der Waals surface area (Å²) in [6.45, 7) is 5.77. The first-order valence-electron chi connectivity index (χ1n) is 5.91. The van der Waals surface area contributed by atoms with E-state index in [0.29, 0.717) is 26.3 Å². The number of thiazole rings is 1. The van der Waals surface area contributed by atoms with Gasteiger partial charge in [-0.2, -0.15) is 0 Å². The second-order valence-corrected chi connectivity index (χ2v) is 7.16. The molecule has 0 saturated carbocycles. The maximum atomic E-state index is 11.4. The molecule has 0 saturated heterocycles. The van der Waals surface area contributed by atoms with Crippen molar-refractivity contribution < 1.29 is 9.90 Å². The minimum atomic E-state index is -0.984. The number of halogens is 2. The molecule has 1 heterocycles. The molecule has 0 amide bonds. The molecule has 20 heavy (non-hydrogen) atoms. The average molecular weight is 330 g/mol. The van der Waals surface area contributed by atoms with E-state index in [1.54, 1.807) is 18.2 Å². The van der Waals surface area contributed by atoms with E-state index < -0.39 is 5.97 Å². The fraction of sp³-hybridized carbons (Fsp3) is 0.286. The molecule has 0 fully saturated rings. The molecule has 1 aromatic heterocycles. The Balaban J connectivity index is 2.69. The monoisotopic (exact) mass is 329 g/mol. The summed E-state index contributed by atoms with van der Waals surface area (Å²) in [5.74, 6) is -0.984. The van der Waals surface area contributed by atoms with E-state index in [9.17, 15) is 9.90 Å². The van der Waals surface area contributed by atoms with Crippen LogP contribution in [0.3, 0.4) is 0 Å². The summed E-state index contributed by atoms with van der Waals surface area (Å²) in [7, 11) is 0. The second-order valence-electron chi connectivity index (χ2n) is 5.35. The van der Waals surface area contributed by atoms with Crippen LogP contribution in [0, 0.1) is 0 Å². The maximum Gasteiger partial charge on any atom is 0.347 e. The number of carboxylic acids is 1. The lowest BCUT2D eigenvalue weighted by atomic mass is 9.91. The fourth-order valence-corrected chi connectivity index (χ4v) is 3.66. The van der Waals surface area contributed by atoms with E-state index in [1.165, 1.54) is 0 Å². The predicted molar refractivity (Wildman–Crippen MR) is 83.2 cm³/mol. The minimum Gasteiger partial charge on any atom is -0.477 e. The highest BCUT2D eigenvalue weighted by Crippen LogP contribution is 2.40. The van der Waals surface area contributed by atoms with Crippen molar-refractivity contribution in [2.75, 3.05) is 0 Å². The summed E-state index contributed by atoms with van der Waals surface area (Å²) in [6.07, 6.45) is 0. The van der Waals surface area contributed by atoms with Crippen molar-refractivity contribution in [1.29, 1.82) is 0 Å². The van der Waals surface area contributed by atoms with Crippen LogP contribution in [-0.4, -0.2) is 16.1 Å². The molecule has 0 aliphatic rings. The highest BCUT2D eigenvalue weighted by atomic mass is 35.5. The first-order chi connectivity index (χ1) is 9.21. The van der Waals surface area contributed by atoms with Gasteiger partial charge in [0.05, 0.1) is 15.7 Å². The zero-order chi connectivity index (χ0) is 15.1. The van der Waals surface area contributed by atoms with Crippen molar-refractivity contribution in [1.82, 2.24) is 4.98 Å². The topological polar surface area (TPSA) is 50.2 Å². The predicted octanol–water partition coefficient (Wildman–Crippen LogP) is 5.11. The number of carboxylic acid groups (broad SMARTS) is 1.